The molecule has 0 radical (unpaired) electrons. The Kier molecular flexibility index (Phi) is 3.53. The van der Waals surface area contributed by atoms with Crippen molar-refractivity contribution in [2.75, 3.05) is 0 Å². The number of carboxylic acid groups (broad SMARTS) is 1. The maximum Gasteiger partial charge on any atom is 0.311 e. The fraction of sp³-hybridized carbons (Fsp3) is 0.364. The number of halogens is 1. The maximum absolute atomic E-state index is 11.0. The van der Waals surface area contributed by atoms with E-state index in [1.165, 1.54) is 0 Å². The zero-order valence-electron chi connectivity index (χ0n) is 8.20. The van der Waals surface area contributed by atoms with Crippen molar-refractivity contribution in [3.05, 3.63) is 34.9 Å². The fourth-order valence-corrected chi connectivity index (χ4v) is 1.71. The molecule has 1 atom stereocenters. The van der Waals surface area contributed by atoms with Crippen LogP contribution in [0.5, 0.6) is 0 Å². The second kappa shape index (κ2) is 4.47. The summed E-state index contributed by atoms with van der Waals surface area (Å²) in [6.45, 7) is 3.78. The molecule has 0 fully saturated rings. The lowest BCUT2D eigenvalue weighted by Crippen LogP contribution is -2.17. The molecule has 1 N–H and O–H groups in total. The second-order valence-electron chi connectivity index (χ2n) is 3.61. The third-order valence-corrected chi connectivity index (χ3v) is 2.38. The molecular weight excluding hydrogens is 200 g/mol. The van der Waals surface area contributed by atoms with Crippen molar-refractivity contribution in [1.29, 1.82) is 0 Å². The first-order valence-electron chi connectivity index (χ1n) is 4.50. The van der Waals surface area contributed by atoms with Gasteiger partial charge in [0.1, 0.15) is 0 Å². The molecule has 0 unspecified atom stereocenters. The number of rotatable bonds is 3. The Hall–Kier alpha value is -1.02. The Bertz CT molecular complexity index is 334. The fourth-order valence-electron chi connectivity index (χ4n) is 1.51. The van der Waals surface area contributed by atoms with Crippen LogP contribution in [0, 0.1) is 5.92 Å². The normalized spacial score (nSPS) is 12.9. The molecule has 14 heavy (non-hydrogen) atoms. The largest absolute Gasteiger partial charge is 0.481 e. The van der Waals surface area contributed by atoms with Gasteiger partial charge in [-0.2, -0.15) is 0 Å². The molecule has 0 bridgehead atoms. The van der Waals surface area contributed by atoms with E-state index in [4.69, 9.17) is 16.7 Å². The zero-order valence-corrected chi connectivity index (χ0v) is 8.95. The van der Waals surface area contributed by atoms with Crippen LogP contribution in [0.4, 0.5) is 0 Å². The number of carboxylic acids is 1. The Balaban J connectivity index is 3.05. The van der Waals surface area contributed by atoms with Gasteiger partial charge in [-0.15, -0.1) is 0 Å². The Labute approximate surface area is 88.5 Å². The second-order valence-corrected chi connectivity index (χ2v) is 4.05. The van der Waals surface area contributed by atoms with E-state index >= 15 is 0 Å². The molecule has 0 spiro atoms. The lowest BCUT2D eigenvalue weighted by molar-refractivity contribution is -0.139. The zero-order chi connectivity index (χ0) is 10.7. The lowest BCUT2D eigenvalue weighted by atomic mass is 9.89. The quantitative estimate of drug-likeness (QED) is 0.836. The van der Waals surface area contributed by atoms with E-state index in [9.17, 15) is 4.79 Å². The van der Waals surface area contributed by atoms with E-state index < -0.39 is 11.9 Å². The van der Waals surface area contributed by atoms with E-state index in [1.807, 2.05) is 13.8 Å². The van der Waals surface area contributed by atoms with Crippen molar-refractivity contribution in [1.82, 2.24) is 0 Å². The first-order valence-corrected chi connectivity index (χ1v) is 4.88. The van der Waals surface area contributed by atoms with E-state index in [-0.39, 0.29) is 5.92 Å². The van der Waals surface area contributed by atoms with Gasteiger partial charge in [0.2, 0.25) is 0 Å². The predicted molar refractivity (Wildman–Crippen MR) is 56.7 cm³/mol. The molecule has 0 amide bonds. The highest BCUT2D eigenvalue weighted by Gasteiger charge is 2.23. The highest BCUT2D eigenvalue weighted by molar-refractivity contribution is 6.30. The molecule has 3 heteroatoms. The van der Waals surface area contributed by atoms with Crippen LogP contribution in [0.25, 0.3) is 0 Å². The highest BCUT2D eigenvalue weighted by atomic mass is 35.5. The molecular formula is C11H13ClO2. The van der Waals surface area contributed by atoms with E-state index in [0.29, 0.717) is 5.02 Å². The van der Waals surface area contributed by atoms with Crippen molar-refractivity contribution >= 4 is 17.6 Å². The average molecular weight is 213 g/mol. The van der Waals surface area contributed by atoms with Crippen LogP contribution in [0.2, 0.25) is 5.02 Å². The van der Waals surface area contributed by atoms with E-state index in [1.54, 1.807) is 24.3 Å². The molecule has 1 rings (SSSR count). The van der Waals surface area contributed by atoms with Gasteiger partial charge in [-0.25, -0.2) is 0 Å². The molecule has 1 aromatic rings. The molecule has 0 aliphatic rings. The van der Waals surface area contributed by atoms with Gasteiger partial charge in [0.05, 0.1) is 5.92 Å². The summed E-state index contributed by atoms with van der Waals surface area (Å²) in [4.78, 5) is 11.0. The lowest BCUT2D eigenvalue weighted by Gasteiger charge is -2.16. The topological polar surface area (TPSA) is 37.3 Å². The Morgan fingerprint density at radius 1 is 1.43 bits per heavy atom. The van der Waals surface area contributed by atoms with Gasteiger partial charge in [-0.05, 0) is 23.6 Å². The summed E-state index contributed by atoms with van der Waals surface area (Å²) >= 11 is 5.81. The van der Waals surface area contributed by atoms with Crippen molar-refractivity contribution < 1.29 is 9.90 Å². The van der Waals surface area contributed by atoms with E-state index in [0.717, 1.165) is 5.56 Å². The summed E-state index contributed by atoms with van der Waals surface area (Å²) in [6, 6.07) is 7.02. The average Bonchev–Trinajstić information content (AvgIpc) is 2.02. The van der Waals surface area contributed by atoms with Crippen LogP contribution in [0.1, 0.15) is 25.3 Å². The van der Waals surface area contributed by atoms with Gasteiger partial charge < -0.3 is 5.11 Å². The first kappa shape index (κ1) is 11.1. The SMILES string of the molecule is CC(C)[C@@H](C(=O)O)c1cccc(Cl)c1. The predicted octanol–water partition coefficient (Wildman–Crippen LogP) is 3.16. The summed E-state index contributed by atoms with van der Waals surface area (Å²) < 4.78 is 0. The molecule has 0 aliphatic heterocycles. The van der Waals surface area contributed by atoms with Crippen molar-refractivity contribution in [3.8, 4) is 0 Å². The molecule has 0 aliphatic carbocycles. The van der Waals surface area contributed by atoms with Crippen molar-refractivity contribution in [2.24, 2.45) is 5.92 Å². The minimum Gasteiger partial charge on any atom is -0.481 e. The summed E-state index contributed by atoms with van der Waals surface area (Å²) in [5.41, 5.74) is 0.764. The number of benzene rings is 1. The van der Waals surface area contributed by atoms with Crippen LogP contribution >= 0.6 is 11.6 Å². The van der Waals surface area contributed by atoms with Crippen LogP contribution in [0.3, 0.4) is 0 Å². The smallest absolute Gasteiger partial charge is 0.311 e. The maximum atomic E-state index is 11.0. The molecule has 0 saturated heterocycles. The third kappa shape index (κ3) is 2.48. The molecule has 76 valence electrons. The summed E-state index contributed by atoms with van der Waals surface area (Å²) in [6.07, 6.45) is 0. The van der Waals surface area contributed by atoms with Crippen LogP contribution in [0.15, 0.2) is 24.3 Å². The minimum atomic E-state index is -0.803. The first-order chi connectivity index (χ1) is 6.52. The molecule has 0 heterocycles. The molecule has 1 aromatic carbocycles. The standard InChI is InChI=1S/C11H13ClO2/c1-7(2)10(11(13)14)8-4-3-5-9(12)6-8/h3-7,10H,1-2H3,(H,13,14)/t10-/m1/s1. The number of aliphatic carboxylic acids is 1. The highest BCUT2D eigenvalue weighted by Crippen LogP contribution is 2.26. The number of hydrogen-bond donors (Lipinski definition) is 1. The molecule has 2 nitrogen and oxygen atoms in total. The van der Waals surface area contributed by atoms with Crippen LogP contribution in [-0.2, 0) is 4.79 Å². The van der Waals surface area contributed by atoms with Gasteiger partial charge in [0.15, 0.2) is 0 Å². The van der Waals surface area contributed by atoms with Gasteiger partial charge >= 0.3 is 5.97 Å². The van der Waals surface area contributed by atoms with Crippen LogP contribution in [-0.4, -0.2) is 11.1 Å². The summed E-state index contributed by atoms with van der Waals surface area (Å²) in [5, 5.41) is 9.62. The van der Waals surface area contributed by atoms with Gasteiger partial charge in [0, 0.05) is 5.02 Å². The number of carbonyl (C=O) groups is 1. The minimum absolute atomic E-state index is 0.0611. The number of hydrogen-bond acceptors (Lipinski definition) is 1. The Morgan fingerprint density at radius 3 is 2.50 bits per heavy atom. The Morgan fingerprint density at radius 2 is 2.07 bits per heavy atom. The summed E-state index contributed by atoms with van der Waals surface area (Å²) in [7, 11) is 0. The van der Waals surface area contributed by atoms with Gasteiger partial charge in [-0.1, -0.05) is 37.6 Å². The van der Waals surface area contributed by atoms with Crippen molar-refractivity contribution in [3.63, 3.8) is 0 Å². The van der Waals surface area contributed by atoms with Gasteiger partial charge in [-0.3, -0.25) is 4.79 Å². The molecule has 0 aromatic heterocycles. The van der Waals surface area contributed by atoms with Gasteiger partial charge in [0.25, 0.3) is 0 Å². The monoisotopic (exact) mass is 212 g/mol. The summed E-state index contributed by atoms with van der Waals surface area (Å²) in [5.74, 6) is -1.22. The van der Waals surface area contributed by atoms with E-state index in [2.05, 4.69) is 0 Å². The third-order valence-electron chi connectivity index (χ3n) is 2.14. The van der Waals surface area contributed by atoms with Crippen LogP contribution < -0.4 is 0 Å². The molecule has 0 saturated carbocycles. The van der Waals surface area contributed by atoms with Crippen molar-refractivity contribution in [2.45, 2.75) is 19.8 Å².